The molecule has 2 aromatic carbocycles. The predicted molar refractivity (Wildman–Crippen MR) is 97.3 cm³/mol. The molecule has 0 aliphatic carbocycles. The van der Waals surface area contributed by atoms with Crippen LogP contribution in [0.25, 0.3) is 0 Å². The minimum absolute atomic E-state index is 0.0614. The summed E-state index contributed by atoms with van der Waals surface area (Å²) in [7, 11) is 0. The molecule has 0 saturated heterocycles. The molecule has 2 rings (SSSR count). The van der Waals surface area contributed by atoms with Crippen molar-refractivity contribution < 1.29 is 28.6 Å². The van der Waals surface area contributed by atoms with E-state index in [1.807, 2.05) is 0 Å². The van der Waals surface area contributed by atoms with Crippen molar-refractivity contribution in [2.75, 3.05) is 5.32 Å². The molecule has 0 aromatic heterocycles. The molecule has 2 aromatic rings. The molecule has 6 nitrogen and oxygen atoms in total. The summed E-state index contributed by atoms with van der Waals surface area (Å²) in [5.41, 5.74) is -0.330. The quantitative estimate of drug-likeness (QED) is 0.780. The minimum atomic E-state index is -1.29. The third kappa shape index (κ3) is 5.64. The third-order valence-electron chi connectivity index (χ3n) is 3.48. The fraction of sp³-hybridized carbons (Fsp3) is 0.250. The third-order valence-corrected chi connectivity index (χ3v) is 3.48. The van der Waals surface area contributed by atoms with Gasteiger partial charge in [0.25, 0.3) is 5.91 Å². The van der Waals surface area contributed by atoms with Crippen LogP contribution >= 0.6 is 0 Å². The lowest BCUT2D eigenvalue weighted by Crippen LogP contribution is -2.25. The van der Waals surface area contributed by atoms with Crippen LogP contribution in [0.2, 0.25) is 0 Å². The highest BCUT2D eigenvalue weighted by Gasteiger charge is 2.19. The molecule has 7 heteroatoms. The van der Waals surface area contributed by atoms with Crippen molar-refractivity contribution in [3.63, 3.8) is 0 Å². The van der Waals surface area contributed by atoms with E-state index in [0.717, 1.165) is 18.2 Å². The topological polar surface area (TPSA) is 92.7 Å². The van der Waals surface area contributed by atoms with E-state index in [2.05, 4.69) is 5.32 Å². The Morgan fingerprint density at radius 3 is 2.37 bits per heavy atom. The number of benzene rings is 2. The smallest absolute Gasteiger partial charge is 0.335 e. The SMILES string of the molecule is CC(C)(C)OC(=O)Cc1ccccc1NC(=O)c1ccc(C(=O)O)cc1F. The fourth-order valence-corrected chi connectivity index (χ4v) is 2.35. The number of aromatic carboxylic acids is 1. The second-order valence-corrected chi connectivity index (χ2v) is 6.87. The molecule has 142 valence electrons. The molecule has 1 amide bonds. The first kappa shape index (κ1) is 20.1. The Bertz CT molecular complexity index is 886. The van der Waals surface area contributed by atoms with Gasteiger partial charge >= 0.3 is 11.9 Å². The Balaban J connectivity index is 2.19. The average Bonchev–Trinajstić information content (AvgIpc) is 2.54. The highest BCUT2D eigenvalue weighted by atomic mass is 19.1. The van der Waals surface area contributed by atoms with Crippen LogP contribution in [-0.4, -0.2) is 28.6 Å². The van der Waals surface area contributed by atoms with Crippen LogP contribution in [0.5, 0.6) is 0 Å². The van der Waals surface area contributed by atoms with Crippen LogP contribution in [0.4, 0.5) is 10.1 Å². The predicted octanol–water partition coefficient (Wildman–Crippen LogP) is 3.66. The van der Waals surface area contributed by atoms with Crippen LogP contribution in [0.1, 0.15) is 47.1 Å². The van der Waals surface area contributed by atoms with Gasteiger partial charge in [-0.05, 0) is 50.6 Å². The molecule has 0 fully saturated rings. The van der Waals surface area contributed by atoms with E-state index in [4.69, 9.17) is 9.84 Å². The second kappa shape index (κ2) is 7.99. The summed E-state index contributed by atoms with van der Waals surface area (Å²) >= 11 is 0. The van der Waals surface area contributed by atoms with Crippen LogP contribution in [0.3, 0.4) is 0 Å². The number of anilines is 1. The van der Waals surface area contributed by atoms with E-state index in [0.29, 0.717) is 11.3 Å². The number of hydrogen-bond donors (Lipinski definition) is 2. The van der Waals surface area contributed by atoms with Crippen molar-refractivity contribution >= 4 is 23.5 Å². The number of carbonyl (C=O) groups excluding carboxylic acids is 2. The summed E-state index contributed by atoms with van der Waals surface area (Å²) in [6.45, 7) is 5.26. The van der Waals surface area contributed by atoms with Gasteiger partial charge in [-0.2, -0.15) is 0 Å². The number of nitrogens with one attached hydrogen (secondary N) is 1. The molecule has 0 saturated carbocycles. The van der Waals surface area contributed by atoms with Crippen LogP contribution < -0.4 is 5.32 Å². The van der Waals surface area contributed by atoms with E-state index in [-0.39, 0.29) is 17.5 Å². The van der Waals surface area contributed by atoms with Crippen LogP contribution in [0, 0.1) is 5.82 Å². The Morgan fingerprint density at radius 1 is 1.11 bits per heavy atom. The maximum absolute atomic E-state index is 14.1. The normalized spacial score (nSPS) is 11.0. The number of hydrogen-bond acceptors (Lipinski definition) is 4. The number of rotatable bonds is 5. The Morgan fingerprint density at radius 2 is 1.78 bits per heavy atom. The van der Waals surface area contributed by atoms with Gasteiger partial charge < -0.3 is 15.2 Å². The van der Waals surface area contributed by atoms with E-state index >= 15 is 0 Å². The lowest BCUT2D eigenvalue weighted by Gasteiger charge is -2.20. The summed E-state index contributed by atoms with van der Waals surface area (Å²) in [6, 6.07) is 9.64. The van der Waals surface area contributed by atoms with Gasteiger partial charge in [-0.15, -0.1) is 0 Å². The number of para-hydroxylation sites is 1. The van der Waals surface area contributed by atoms with Crippen molar-refractivity contribution in [1.82, 2.24) is 0 Å². The number of esters is 1. The summed E-state index contributed by atoms with van der Waals surface area (Å²) in [6.07, 6.45) is -0.0614. The molecule has 2 N–H and O–H groups in total. The Labute approximate surface area is 156 Å². The largest absolute Gasteiger partial charge is 0.478 e. The van der Waals surface area contributed by atoms with Crippen molar-refractivity contribution in [3.8, 4) is 0 Å². The van der Waals surface area contributed by atoms with Crippen molar-refractivity contribution in [1.29, 1.82) is 0 Å². The first-order valence-electron chi connectivity index (χ1n) is 8.21. The molecule has 0 unspecified atom stereocenters. The number of carboxylic acids is 1. The zero-order valence-corrected chi connectivity index (χ0v) is 15.2. The highest BCUT2D eigenvalue weighted by molar-refractivity contribution is 6.05. The molecular formula is C20H20FNO5. The molecule has 0 aliphatic rings. The van der Waals surface area contributed by atoms with E-state index < -0.39 is 29.3 Å². The molecule has 0 atom stereocenters. The maximum atomic E-state index is 14.1. The van der Waals surface area contributed by atoms with Gasteiger partial charge in [0, 0.05) is 5.69 Å². The standard InChI is InChI=1S/C20H20FNO5/c1-20(2,3)27-17(23)11-12-6-4-5-7-16(12)22-18(24)14-9-8-13(19(25)26)10-15(14)21/h4-10H,11H2,1-3H3,(H,22,24)(H,25,26). The lowest BCUT2D eigenvalue weighted by atomic mass is 10.1. The molecule has 27 heavy (non-hydrogen) atoms. The number of carboxylic acid groups (broad SMARTS) is 1. The molecule has 0 bridgehead atoms. The Hall–Kier alpha value is -3.22. The number of ether oxygens (including phenoxy) is 1. The van der Waals surface area contributed by atoms with Crippen molar-refractivity contribution in [2.24, 2.45) is 0 Å². The number of carbonyl (C=O) groups is 3. The van der Waals surface area contributed by atoms with Gasteiger partial charge in [-0.25, -0.2) is 9.18 Å². The molecule has 0 heterocycles. The minimum Gasteiger partial charge on any atom is -0.478 e. The first-order chi connectivity index (χ1) is 12.6. The molecule has 0 aliphatic heterocycles. The zero-order chi connectivity index (χ0) is 20.2. The van der Waals surface area contributed by atoms with Crippen molar-refractivity contribution in [3.05, 3.63) is 65.0 Å². The lowest BCUT2D eigenvalue weighted by molar-refractivity contribution is -0.153. The molecule has 0 spiro atoms. The van der Waals surface area contributed by atoms with Gasteiger partial charge in [0.2, 0.25) is 0 Å². The van der Waals surface area contributed by atoms with Gasteiger partial charge in [0.1, 0.15) is 11.4 Å². The summed E-state index contributed by atoms with van der Waals surface area (Å²) in [5, 5.41) is 11.4. The second-order valence-electron chi connectivity index (χ2n) is 6.87. The van der Waals surface area contributed by atoms with Crippen LogP contribution in [-0.2, 0) is 16.0 Å². The number of amides is 1. The van der Waals surface area contributed by atoms with E-state index in [1.54, 1.807) is 45.0 Å². The van der Waals surface area contributed by atoms with E-state index in [9.17, 15) is 18.8 Å². The van der Waals surface area contributed by atoms with Gasteiger partial charge in [0.05, 0.1) is 17.5 Å². The van der Waals surface area contributed by atoms with Gasteiger partial charge in [-0.1, -0.05) is 18.2 Å². The average molecular weight is 373 g/mol. The van der Waals surface area contributed by atoms with Crippen molar-refractivity contribution in [2.45, 2.75) is 32.8 Å². The fourth-order valence-electron chi connectivity index (χ4n) is 2.35. The number of halogens is 1. The maximum Gasteiger partial charge on any atom is 0.335 e. The van der Waals surface area contributed by atoms with E-state index in [1.165, 1.54) is 0 Å². The van der Waals surface area contributed by atoms with Crippen LogP contribution in [0.15, 0.2) is 42.5 Å². The Kier molecular flexibility index (Phi) is 5.95. The van der Waals surface area contributed by atoms with Gasteiger partial charge in [-0.3, -0.25) is 9.59 Å². The first-order valence-corrected chi connectivity index (χ1v) is 8.21. The highest BCUT2D eigenvalue weighted by Crippen LogP contribution is 2.20. The summed E-state index contributed by atoms with van der Waals surface area (Å²) < 4.78 is 19.3. The van der Waals surface area contributed by atoms with Gasteiger partial charge in [0.15, 0.2) is 0 Å². The summed E-state index contributed by atoms with van der Waals surface area (Å²) in [4.78, 5) is 35.3. The zero-order valence-electron chi connectivity index (χ0n) is 15.2. The molecule has 0 radical (unpaired) electrons. The summed E-state index contributed by atoms with van der Waals surface area (Å²) in [5.74, 6) is -3.44. The molecular weight excluding hydrogens is 353 g/mol. The monoisotopic (exact) mass is 373 g/mol.